The van der Waals surface area contributed by atoms with Crippen LogP contribution in [-0.2, 0) is 9.53 Å². The molecular formula is C8H12O3. The first-order valence-corrected chi connectivity index (χ1v) is 3.99. The molecule has 0 bridgehead atoms. The van der Waals surface area contributed by atoms with Gasteiger partial charge in [-0.05, 0) is 12.8 Å². The average molecular weight is 156 g/mol. The third-order valence-electron chi connectivity index (χ3n) is 3.31. The van der Waals surface area contributed by atoms with E-state index in [9.17, 15) is 4.79 Å². The highest BCUT2D eigenvalue weighted by atomic mass is 16.5. The van der Waals surface area contributed by atoms with E-state index in [1.165, 1.54) is 0 Å². The first kappa shape index (κ1) is 7.10. The fourth-order valence-corrected chi connectivity index (χ4v) is 2.25. The van der Waals surface area contributed by atoms with Gasteiger partial charge in [0, 0.05) is 5.41 Å². The Kier molecular flexibility index (Phi) is 1.15. The number of cyclic esters (lactones) is 1. The summed E-state index contributed by atoms with van der Waals surface area (Å²) < 4.78 is 4.90. The third kappa shape index (κ3) is 0.562. The molecule has 0 aromatic carbocycles. The number of esters is 1. The number of carbonyl (C=O) groups excluding carboxylic acids is 1. The summed E-state index contributed by atoms with van der Waals surface area (Å²) in [6.45, 7) is 2.49. The molecule has 0 aromatic rings. The SMILES string of the molecule is CC[C@]12C[C@@]1(CO)COC2=O. The standard InChI is InChI=1S/C8H12O3/c1-2-8-3-7(8,4-9)5-11-6(8)10/h9H,2-5H2,1H3/t7-,8-/m1/s1. The molecule has 0 spiro atoms. The summed E-state index contributed by atoms with van der Waals surface area (Å²) in [5.41, 5.74) is -0.499. The van der Waals surface area contributed by atoms with Crippen molar-refractivity contribution in [1.29, 1.82) is 0 Å². The topological polar surface area (TPSA) is 46.5 Å². The van der Waals surface area contributed by atoms with Crippen molar-refractivity contribution < 1.29 is 14.6 Å². The molecule has 1 N–H and O–H groups in total. The van der Waals surface area contributed by atoms with Gasteiger partial charge < -0.3 is 9.84 Å². The first-order valence-electron chi connectivity index (χ1n) is 3.99. The Labute approximate surface area is 65.4 Å². The van der Waals surface area contributed by atoms with E-state index in [0.717, 1.165) is 12.8 Å². The number of aliphatic hydroxyl groups is 1. The van der Waals surface area contributed by atoms with Crippen LogP contribution in [0.2, 0.25) is 0 Å². The molecule has 1 aliphatic heterocycles. The van der Waals surface area contributed by atoms with Crippen molar-refractivity contribution in [1.82, 2.24) is 0 Å². The van der Waals surface area contributed by atoms with E-state index in [2.05, 4.69) is 0 Å². The van der Waals surface area contributed by atoms with Crippen LogP contribution >= 0.6 is 0 Å². The highest BCUT2D eigenvalue weighted by Gasteiger charge is 2.75. The summed E-state index contributed by atoms with van der Waals surface area (Å²) in [6, 6.07) is 0. The molecule has 1 saturated heterocycles. The molecule has 2 rings (SSSR count). The van der Waals surface area contributed by atoms with Crippen molar-refractivity contribution >= 4 is 5.97 Å². The van der Waals surface area contributed by atoms with Crippen molar-refractivity contribution in [2.45, 2.75) is 19.8 Å². The number of ether oxygens (including phenoxy) is 1. The van der Waals surface area contributed by atoms with Crippen LogP contribution in [0.15, 0.2) is 0 Å². The molecule has 0 aromatic heterocycles. The zero-order valence-electron chi connectivity index (χ0n) is 6.59. The second kappa shape index (κ2) is 1.78. The van der Waals surface area contributed by atoms with E-state index in [1.807, 2.05) is 6.92 Å². The van der Waals surface area contributed by atoms with E-state index in [1.54, 1.807) is 0 Å². The molecule has 2 atom stereocenters. The maximum absolute atomic E-state index is 11.2. The summed E-state index contributed by atoms with van der Waals surface area (Å²) in [4.78, 5) is 11.2. The third-order valence-corrected chi connectivity index (χ3v) is 3.31. The molecule has 0 unspecified atom stereocenters. The molecule has 1 heterocycles. The number of aliphatic hydroxyl groups excluding tert-OH is 1. The molecule has 0 radical (unpaired) electrons. The molecule has 0 amide bonds. The van der Waals surface area contributed by atoms with Gasteiger partial charge in [-0.2, -0.15) is 0 Å². The van der Waals surface area contributed by atoms with Gasteiger partial charge in [0.2, 0.25) is 0 Å². The fourth-order valence-electron chi connectivity index (χ4n) is 2.25. The number of hydrogen-bond acceptors (Lipinski definition) is 3. The molecule has 2 aliphatic rings. The number of fused-ring (bicyclic) bond motifs is 1. The highest BCUT2D eigenvalue weighted by Crippen LogP contribution is 2.69. The lowest BCUT2D eigenvalue weighted by atomic mass is 9.94. The minimum Gasteiger partial charge on any atom is -0.465 e. The fraction of sp³-hybridized carbons (Fsp3) is 0.875. The van der Waals surface area contributed by atoms with Crippen LogP contribution in [0, 0.1) is 10.8 Å². The summed E-state index contributed by atoms with van der Waals surface area (Å²) >= 11 is 0. The zero-order valence-corrected chi connectivity index (χ0v) is 6.59. The summed E-state index contributed by atoms with van der Waals surface area (Å²) in [5, 5.41) is 9.05. The van der Waals surface area contributed by atoms with E-state index in [-0.39, 0.29) is 23.4 Å². The Balaban J connectivity index is 2.28. The molecular weight excluding hydrogens is 144 g/mol. The zero-order chi connectivity index (χ0) is 8.11. The number of rotatable bonds is 2. The molecule has 11 heavy (non-hydrogen) atoms. The lowest BCUT2D eigenvalue weighted by Crippen LogP contribution is -2.17. The summed E-state index contributed by atoms with van der Waals surface area (Å²) in [6.07, 6.45) is 1.62. The second-order valence-electron chi connectivity index (χ2n) is 3.63. The predicted molar refractivity (Wildman–Crippen MR) is 37.8 cm³/mol. The van der Waals surface area contributed by atoms with Crippen molar-refractivity contribution in [2.24, 2.45) is 10.8 Å². The van der Waals surface area contributed by atoms with E-state index in [4.69, 9.17) is 9.84 Å². The Bertz CT molecular complexity index is 213. The van der Waals surface area contributed by atoms with Gasteiger partial charge in [0.1, 0.15) is 6.61 Å². The minimum atomic E-state index is -0.304. The lowest BCUT2D eigenvalue weighted by Gasteiger charge is -2.06. The van der Waals surface area contributed by atoms with Crippen LogP contribution in [-0.4, -0.2) is 24.3 Å². The smallest absolute Gasteiger partial charge is 0.312 e. The highest BCUT2D eigenvalue weighted by molar-refractivity contribution is 5.84. The quantitative estimate of drug-likeness (QED) is 0.586. The predicted octanol–water partition coefficient (Wildman–Crippen LogP) is 0.322. The number of hydrogen-bond donors (Lipinski definition) is 1. The first-order chi connectivity index (χ1) is 5.21. The van der Waals surface area contributed by atoms with E-state index in [0.29, 0.717) is 6.61 Å². The largest absolute Gasteiger partial charge is 0.465 e. The monoisotopic (exact) mass is 156 g/mol. The van der Waals surface area contributed by atoms with Gasteiger partial charge in [-0.3, -0.25) is 4.79 Å². The minimum absolute atomic E-state index is 0.0899. The van der Waals surface area contributed by atoms with Crippen molar-refractivity contribution in [3.8, 4) is 0 Å². The maximum atomic E-state index is 11.2. The molecule has 2 fully saturated rings. The maximum Gasteiger partial charge on any atom is 0.312 e. The van der Waals surface area contributed by atoms with Crippen molar-refractivity contribution in [2.75, 3.05) is 13.2 Å². The van der Waals surface area contributed by atoms with Gasteiger partial charge in [0.25, 0.3) is 0 Å². The van der Waals surface area contributed by atoms with Crippen LogP contribution < -0.4 is 0 Å². The molecule has 1 aliphatic carbocycles. The molecule has 1 saturated carbocycles. The van der Waals surface area contributed by atoms with Crippen LogP contribution in [0.1, 0.15) is 19.8 Å². The molecule has 3 heteroatoms. The van der Waals surface area contributed by atoms with Crippen molar-refractivity contribution in [3.63, 3.8) is 0 Å². The van der Waals surface area contributed by atoms with Crippen molar-refractivity contribution in [3.05, 3.63) is 0 Å². The normalized spacial score (nSPS) is 46.9. The lowest BCUT2D eigenvalue weighted by molar-refractivity contribution is -0.144. The average Bonchev–Trinajstić information content (AvgIpc) is 2.64. The summed E-state index contributed by atoms with van der Waals surface area (Å²) in [7, 11) is 0. The van der Waals surface area contributed by atoms with Gasteiger partial charge in [-0.25, -0.2) is 0 Å². The molecule has 62 valence electrons. The van der Waals surface area contributed by atoms with E-state index < -0.39 is 0 Å². The Morgan fingerprint density at radius 1 is 1.73 bits per heavy atom. The molecule has 3 nitrogen and oxygen atoms in total. The second-order valence-corrected chi connectivity index (χ2v) is 3.63. The van der Waals surface area contributed by atoms with Gasteiger partial charge >= 0.3 is 5.97 Å². The van der Waals surface area contributed by atoms with Gasteiger partial charge in [0.15, 0.2) is 0 Å². The summed E-state index contributed by atoms with van der Waals surface area (Å²) in [5.74, 6) is -0.103. The van der Waals surface area contributed by atoms with Crippen LogP contribution in [0.3, 0.4) is 0 Å². The van der Waals surface area contributed by atoms with Crippen LogP contribution in [0.4, 0.5) is 0 Å². The van der Waals surface area contributed by atoms with Crippen LogP contribution in [0.25, 0.3) is 0 Å². The Morgan fingerprint density at radius 3 is 2.82 bits per heavy atom. The Hall–Kier alpha value is -0.570. The van der Waals surface area contributed by atoms with E-state index >= 15 is 0 Å². The number of carbonyl (C=O) groups is 1. The van der Waals surface area contributed by atoms with Gasteiger partial charge in [-0.15, -0.1) is 0 Å². The van der Waals surface area contributed by atoms with Crippen LogP contribution in [0.5, 0.6) is 0 Å². The van der Waals surface area contributed by atoms with Gasteiger partial charge in [-0.1, -0.05) is 6.92 Å². The van der Waals surface area contributed by atoms with Gasteiger partial charge in [0.05, 0.1) is 12.0 Å². The Morgan fingerprint density at radius 2 is 2.45 bits per heavy atom.